The Morgan fingerprint density at radius 3 is 3.05 bits per heavy atom. The number of rotatable bonds is 4. The van der Waals surface area contributed by atoms with Gasteiger partial charge in [-0.3, -0.25) is 9.78 Å². The Balaban J connectivity index is 0.00000132. The number of carbonyl (C=O) groups excluding carboxylic acids is 1. The van der Waals surface area contributed by atoms with Crippen LogP contribution in [0.4, 0.5) is 5.95 Å². The monoisotopic (exact) mass is 303 g/mol. The average Bonchev–Trinajstić information content (AvgIpc) is 3.00. The lowest BCUT2D eigenvalue weighted by Crippen LogP contribution is -2.20. The molecule has 0 fully saturated rings. The first-order chi connectivity index (χ1) is 10.3. The SMILES string of the molecule is CNC(=O)c1nc(NCc2cccnc2)nc2ccsc12.[HH].[HH]. The van der Waals surface area contributed by atoms with Gasteiger partial charge < -0.3 is 10.6 Å². The van der Waals surface area contributed by atoms with Gasteiger partial charge in [0.2, 0.25) is 5.95 Å². The molecule has 110 valence electrons. The van der Waals surface area contributed by atoms with E-state index >= 15 is 0 Å². The van der Waals surface area contributed by atoms with Gasteiger partial charge in [0.05, 0.1) is 10.2 Å². The highest BCUT2D eigenvalue weighted by atomic mass is 32.1. The Bertz CT molecular complexity index is 781. The summed E-state index contributed by atoms with van der Waals surface area (Å²) in [6, 6.07) is 5.71. The van der Waals surface area contributed by atoms with E-state index < -0.39 is 0 Å². The van der Waals surface area contributed by atoms with Gasteiger partial charge in [-0.25, -0.2) is 9.97 Å². The van der Waals surface area contributed by atoms with Gasteiger partial charge >= 0.3 is 0 Å². The molecule has 3 rings (SSSR count). The topological polar surface area (TPSA) is 79.8 Å². The van der Waals surface area contributed by atoms with E-state index in [1.54, 1.807) is 19.4 Å². The zero-order valence-electron chi connectivity index (χ0n) is 11.3. The Morgan fingerprint density at radius 1 is 1.38 bits per heavy atom. The third kappa shape index (κ3) is 2.82. The number of pyridine rings is 1. The third-order valence-corrected chi connectivity index (χ3v) is 3.83. The molecule has 3 heterocycles. The normalized spacial score (nSPS) is 10.5. The molecular weight excluding hydrogens is 286 g/mol. The van der Waals surface area contributed by atoms with Crippen LogP contribution in [0.3, 0.4) is 0 Å². The van der Waals surface area contributed by atoms with Crippen molar-refractivity contribution in [3.63, 3.8) is 0 Å². The summed E-state index contributed by atoms with van der Waals surface area (Å²) >= 11 is 1.46. The van der Waals surface area contributed by atoms with E-state index in [1.165, 1.54) is 11.3 Å². The minimum Gasteiger partial charge on any atom is -0.354 e. The molecule has 0 aliphatic rings. The van der Waals surface area contributed by atoms with Gasteiger partial charge in [0.25, 0.3) is 5.91 Å². The number of hydrogen-bond acceptors (Lipinski definition) is 6. The van der Waals surface area contributed by atoms with Gasteiger partial charge in [0.15, 0.2) is 5.69 Å². The largest absolute Gasteiger partial charge is 0.354 e. The van der Waals surface area contributed by atoms with Crippen LogP contribution in [0.15, 0.2) is 36.0 Å². The van der Waals surface area contributed by atoms with Crippen LogP contribution in [0.1, 0.15) is 18.9 Å². The van der Waals surface area contributed by atoms with Crippen molar-refractivity contribution in [3.05, 3.63) is 47.2 Å². The smallest absolute Gasteiger partial charge is 0.271 e. The second kappa shape index (κ2) is 5.84. The van der Waals surface area contributed by atoms with Crippen LogP contribution in [-0.4, -0.2) is 27.9 Å². The molecule has 0 radical (unpaired) electrons. The Hall–Kier alpha value is -2.54. The van der Waals surface area contributed by atoms with Crippen LogP contribution >= 0.6 is 11.3 Å². The number of fused-ring (bicyclic) bond motifs is 1. The Labute approximate surface area is 128 Å². The molecule has 0 aliphatic carbocycles. The lowest BCUT2D eigenvalue weighted by molar-refractivity contribution is 0.0960. The zero-order valence-corrected chi connectivity index (χ0v) is 12.1. The maximum atomic E-state index is 11.9. The molecule has 0 saturated carbocycles. The van der Waals surface area contributed by atoms with E-state index in [-0.39, 0.29) is 8.76 Å². The predicted octanol–water partition coefficient (Wildman–Crippen LogP) is 2.55. The maximum Gasteiger partial charge on any atom is 0.271 e. The lowest BCUT2D eigenvalue weighted by Gasteiger charge is -2.07. The van der Waals surface area contributed by atoms with Crippen molar-refractivity contribution in [2.24, 2.45) is 0 Å². The summed E-state index contributed by atoms with van der Waals surface area (Å²) in [7, 11) is 1.59. The van der Waals surface area contributed by atoms with Crippen LogP contribution in [-0.2, 0) is 6.54 Å². The highest BCUT2D eigenvalue weighted by molar-refractivity contribution is 7.17. The van der Waals surface area contributed by atoms with E-state index in [0.717, 1.165) is 15.8 Å². The van der Waals surface area contributed by atoms with E-state index in [1.807, 2.05) is 23.6 Å². The Morgan fingerprint density at radius 2 is 2.29 bits per heavy atom. The number of nitrogens with one attached hydrogen (secondary N) is 2. The molecule has 0 aliphatic heterocycles. The van der Waals surface area contributed by atoms with Crippen molar-refractivity contribution >= 4 is 33.4 Å². The van der Waals surface area contributed by atoms with Crippen LogP contribution in [0.2, 0.25) is 0 Å². The zero-order chi connectivity index (χ0) is 14.7. The van der Waals surface area contributed by atoms with Crippen molar-refractivity contribution in [3.8, 4) is 0 Å². The number of anilines is 1. The highest BCUT2D eigenvalue weighted by Crippen LogP contribution is 2.23. The summed E-state index contributed by atoms with van der Waals surface area (Å²) in [6.45, 7) is 0.552. The molecule has 0 unspecified atom stereocenters. The van der Waals surface area contributed by atoms with E-state index in [9.17, 15) is 4.79 Å². The van der Waals surface area contributed by atoms with Crippen LogP contribution in [0, 0.1) is 0 Å². The van der Waals surface area contributed by atoms with Crippen LogP contribution < -0.4 is 10.6 Å². The van der Waals surface area contributed by atoms with Crippen molar-refractivity contribution in [1.29, 1.82) is 0 Å². The number of hydrogen-bond donors (Lipinski definition) is 2. The third-order valence-electron chi connectivity index (χ3n) is 2.92. The quantitative estimate of drug-likeness (QED) is 0.774. The summed E-state index contributed by atoms with van der Waals surface area (Å²) in [5, 5.41) is 7.63. The molecule has 6 nitrogen and oxygen atoms in total. The predicted molar refractivity (Wildman–Crippen MR) is 86.6 cm³/mol. The fraction of sp³-hybridized carbons (Fsp3) is 0.143. The molecule has 0 aromatic carbocycles. The molecular formula is C14H17N5OS. The number of amides is 1. The molecule has 3 aromatic heterocycles. The van der Waals surface area contributed by atoms with E-state index in [4.69, 9.17) is 0 Å². The standard InChI is InChI=1S/C14H13N5OS.2H2/c1-15-13(20)11-12-10(4-6-21-12)18-14(19-11)17-8-9-3-2-5-16-7-9;;/h2-7H,8H2,1H3,(H,15,20)(H,17,18,19);2*1H. The van der Waals surface area contributed by atoms with Crippen LogP contribution in [0.25, 0.3) is 10.2 Å². The van der Waals surface area contributed by atoms with Gasteiger partial charge in [-0.2, -0.15) is 0 Å². The molecule has 0 atom stereocenters. The molecule has 1 amide bonds. The van der Waals surface area contributed by atoms with Crippen molar-refractivity contribution in [2.45, 2.75) is 6.54 Å². The van der Waals surface area contributed by atoms with Crippen molar-refractivity contribution in [2.75, 3.05) is 12.4 Å². The van der Waals surface area contributed by atoms with Crippen molar-refractivity contribution in [1.82, 2.24) is 20.3 Å². The summed E-state index contributed by atoms with van der Waals surface area (Å²) in [5.74, 6) is 0.220. The molecule has 3 aromatic rings. The Kier molecular flexibility index (Phi) is 3.74. The number of nitrogens with zero attached hydrogens (tertiary/aromatic N) is 3. The van der Waals surface area contributed by atoms with Gasteiger partial charge in [-0.1, -0.05) is 6.07 Å². The van der Waals surface area contributed by atoms with Gasteiger partial charge in [0, 0.05) is 28.8 Å². The first kappa shape index (κ1) is 13.4. The lowest BCUT2D eigenvalue weighted by atomic mass is 10.3. The summed E-state index contributed by atoms with van der Waals surface area (Å²) < 4.78 is 0.793. The minimum atomic E-state index is -0.214. The second-order valence-electron chi connectivity index (χ2n) is 4.32. The molecule has 21 heavy (non-hydrogen) atoms. The molecule has 7 heteroatoms. The maximum absolute atomic E-state index is 11.9. The summed E-state index contributed by atoms with van der Waals surface area (Å²) in [5.41, 5.74) is 2.18. The molecule has 2 N–H and O–H groups in total. The number of carbonyl (C=O) groups is 1. The molecule has 0 bridgehead atoms. The minimum absolute atomic E-state index is 0. The summed E-state index contributed by atoms with van der Waals surface area (Å²) in [6.07, 6.45) is 3.50. The van der Waals surface area contributed by atoms with E-state index in [2.05, 4.69) is 25.6 Å². The molecule has 0 spiro atoms. The van der Waals surface area contributed by atoms with Gasteiger partial charge in [-0.05, 0) is 23.1 Å². The highest BCUT2D eigenvalue weighted by Gasteiger charge is 2.14. The van der Waals surface area contributed by atoms with Gasteiger partial charge in [0.1, 0.15) is 0 Å². The first-order valence-electron chi connectivity index (χ1n) is 6.38. The molecule has 0 saturated heterocycles. The fourth-order valence-electron chi connectivity index (χ4n) is 1.90. The second-order valence-corrected chi connectivity index (χ2v) is 5.24. The first-order valence-corrected chi connectivity index (χ1v) is 7.26. The van der Waals surface area contributed by atoms with Gasteiger partial charge in [-0.15, -0.1) is 11.3 Å². The number of aromatic nitrogens is 3. The van der Waals surface area contributed by atoms with Crippen LogP contribution in [0.5, 0.6) is 0 Å². The summed E-state index contributed by atoms with van der Waals surface area (Å²) in [4.78, 5) is 24.7. The fourth-order valence-corrected chi connectivity index (χ4v) is 2.72. The average molecular weight is 303 g/mol. The number of thiophene rings is 1. The van der Waals surface area contributed by atoms with Crippen molar-refractivity contribution < 1.29 is 7.65 Å². The van der Waals surface area contributed by atoms with E-state index in [0.29, 0.717) is 18.2 Å².